The second kappa shape index (κ2) is 6.47. The van der Waals surface area contributed by atoms with Crippen molar-refractivity contribution < 1.29 is 14.5 Å². The highest BCUT2D eigenvalue weighted by molar-refractivity contribution is 6.74. The van der Waals surface area contributed by atoms with Gasteiger partial charge < -0.3 is 9.53 Å². The molecule has 0 saturated carbocycles. The number of aryl methyl sites for hydroxylation is 1. The molecular weight excluding hydrogens is 302 g/mol. The summed E-state index contributed by atoms with van der Waals surface area (Å²) < 4.78 is 7.42. The molecule has 126 valence electrons. The molecule has 0 radical (unpaired) electrons. The average molecular weight is 329 g/mol. The Bertz CT molecular complexity index is 549. The van der Waals surface area contributed by atoms with Crippen LogP contribution in [0.15, 0.2) is 0 Å². The Balaban J connectivity index is 2.78. The Morgan fingerprint density at radius 2 is 2.00 bits per heavy atom. The Hall–Kier alpha value is -1.25. The molecule has 1 N–H and O–H groups in total. The number of hydrogen-bond acceptors (Lipinski definition) is 5. The van der Waals surface area contributed by atoms with Crippen molar-refractivity contribution in [3.63, 3.8) is 0 Å². The molecule has 7 nitrogen and oxygen atoms in total. The van der Waals surface area contributed by atoms with E-state index in [1.54, 1.807) is 14.0 Å². The number of aliphatic hydroxyl groups excluding tert-OH is 1. The SMILES string of the molecule is Cc1c([N+](=O)[O-])c(C(O)CCO[Si](C)(C)C(C)(C)C)nn1C. The smallest absolute Gasteiger partial charge is 0.315 e. The van der Waals surface area contributed by atoms with E-state index in [2.05, 4.69) is 39.0 Å². The Morgan fingerprint density at radius 1 is 1.45 bits per heavy atom. The minimum atomic E-state index is -1.88. The first-order valence-corrected chi connectivity index (χ1v) is 10.3. The van der Waals surface area contributed by atoms with Crippen molar-refractivity contribution >= 4 is 14.0 Å². The van der Waals surface area contributed by atoms with Crippen LogP contribution in [0, 0.1) is 17.0 Å². The van der Waals surface area contributed by atoms with E-state index in [-0.39, 0.29) is 16.4 Å². The van der Waals surface area contributed by atoms with Crippen molar-refractivity contribution in [2.45, 2.75) is 58.4 Å². The summed E-state index contributed by atoms with van der Waals surface area (Å²) in [4.78, 5) is 10.7. The normalized spacial score (nSPS) is 14.2. The Labute approximate surface area is 132 Å². The standard InChI is InChI=1S/C14H27N3O4Si/c1-10-13(17(19)20)12(15-16(10)5)11(18)8-9-21-22(6,7)14(2,3)4/h11,18H,8-9H2,1-7H3. The fraction of sp³-hybridized carbons (Fsp3) is 0.786. The summed E-state index contributed by atoms with van der Waals surface area (Å²) in [6.45, 7) is 12.7. The predicted molar refractivity (Wildman–Crippen MR) is 87.3 cm³/mol. The number of aliphatic hydroxyl groups is 1. The van der Waals surface area contributed by atoms with Crippen LogP contribution in [0.5, 0.6) is 0 Å². The van der Waals surface area contributed by atoms with Crippen LogP contribution < -0.4 is 0 Å². The summed E-state index contributed by atoms with van der Waals surface area (Å²) in [7, 11) is -0.255. The van der Waals surface area contributed by atoms with E-state index < -0.39 is 19.3 Å². The van der Waals surface area contributed by atoms with Crippen LogP contribution in [0.25, 0.3) is 0 Å². The number of nitrogens with zero attached hydrogens (tertiary/aromatic N) is 3. The van der Waals surface area contributed by atoms with Gasteiger partial charge >= 0.3 is 5.69 Å². The quantitative estimate of drug-likeness (QED) is 0.492. The lowest BCUT2D eigenvalue weighted by Gasteiger charge is -2.36. The highest BCUT2D eigenvalue weighted by Gasteiger charge is 2.37. The van der Waals surface area contributed by atoms with E-state index in [1.165, 1.54) is 4.68 Å². The molecule has 1 rings (SSSR count). The van der Waals surface area contributed by atoms with E-state index >= 15 is 0 Å². The zero-order valence-electron chi connectivity index (χ0n) is 14.5. The number of hydrogen-bond donors (Lipinski definition) is 1. The molecule has 0 fully saturated rings. The van der Waals surface area contributed by atoms with Gasteiger partial charge in [0.25, 0.3) is 0 Å². The van der Waals surface area contributed by atoms with Gasteiger partial charge in [-0.1, -0.05) is 20.8 Å². The molecule has 0 bridgehead atoms. The van der Waals surface area contributed by atoms with E-state index in [1.807, 2.05) is 0 Å². The first-order chi connectivity index (χ1) is 9.88. The lowest BCUT2D eigenvalue weighted by molar-refractivity contribution is -0.386. The van der Waals surface area contributed by atoms with Crippen molar-refractivity contribution in [2.24, 2.45) is 7.05 Å². The lowest BCUT2D eigenvalue weighted by atomic mass is 10.1. The molecule has 0 aliphatic rings. The van der Waals surface area contributed by atoms with Crippen molar-refractivity contribution in [1.29, 1.82) is 0 Å². The maximum absolute atomic E-state index is 11.1. The molecule has 1 atom stereocenters. The largest absolute Gasteiger partial charge is 0.417 e. The van der Waals surface area contributed by atoms with Crippen molar-refractivity contribution in [1.82, 2.24) is 9.78 Å². The van der Waals surface area contributed by atoms with Crippen LogP contribution in [0.4, 0.5) is 5.69 Å². The van der Waals surface area contributed by atoms with E-state index in [4.69, 9.17) is 4.43 Å². The molecule has 22 heavy (non-hydrogen) atoms. The Morgan fingerprint density at radius 3 is 2.45 bits per heavy atom. The third kappa shape index (κ3) is 3.93. The Kier molecular flexibility index (Phi) is 5.53. The molecule has 1 aromatic heterocycles. The number of rotatable bonds is 6. The van der Waals surface area contributed by atoms with E-state index in [0.29, 0.717) is 18.7 Å². The molecule has 0 aliphatic heterocycles. The van der Waals surface area contributed by atoms with E-state index in [0.717, 1.165) is 0 Å². The molecular formula is C14H27N3O4Si. The summed E-state index contributed by atoms with van der Waals surface area (Å²) in [5.74, 6) is 0. The molecule has 0 amide bonds. The molecule has 1 unspecified atom stereocenters. The van der Waals surface area contributed by atoms with Crippen LogP contribution in [0.1, 0.15) is 44.7 Å². The van der Waals surface area contributed by atoms with Crippen LogP contribution >= 0.6 is 0 Å². The third-order valence-corrected chi connectivity index (χ3v) is 9.03. The molecule has 1 heterocycles. The molecule has 0 spiro atoms. The fourth-order valence-corrected chi connectivity index (χ4v) is 2.91. The number of nitro groups is 1. The van der Waals surface area contributed by atoms with Crippen molar-refractivity contribution in [3.8, 4) is 0 Å². The van der Waals surface area contributed by atoms with Crippen LogP contribution in [-0.4, -0.2) is 34.7 Å². The minimum Gasteiger partial charge on any atom is -0.417 e. The van der Waals surface area contributed by atoms with Gasteiger partial charge in [-0.2, -0.15) is 5.10 Å². The van der Waals surface area contributed by atoms with Gasteiger partial charge in [0, 0.05) is 20.1 Å². The van der Waals surface area contributed by atoms with Crippen molar-refractivity contribution in [2.75, 3.05) is 6.61 Å². The van der Waals surface area contributed by atoms with E-state index in [9.17, 15) is 15.2 Å². The zero-order valence-corrected chi connectivity index (χ0v) is 15.5. The maximum atomic E-state index is 11.1. The first kappa shape index (κ1) is 18.8. The van der Waals surface area contributed by atoms with Gasteiger partial charge in [-0.05, 0) is 25.1 Å². The molecule has 0 aromatic carbocycles. The summed E-state index contributed by atoms with van der Waals surface area (Å²) in [6, 6.07) is 0. The van der Waals surface area contributed by atoms with Crippen LogP contribution in [-0.2, 0) is 11.5 Å². The second-order valence-corrected chi connectivity index (χ2v) is 11.9. The topological polar surface area (TPSA) is 90.4 Å². The van der Waals surface area contributed by atoms with Gasteiger partial charge in [-0.3, -0.25) is 14.8 Å². The maximum Gasteiger partial charge on any atom is 0.315 e. The molecule has 1 aromatic rings. The second-order valence-electron chi connectivity index (χ2n) is 7.11. The highest BCUT2D eigenvalue weighted by atomic mass is 28.4. The van der Waals surface area contributed by atoms with Gasteiger partial charge in [0.2, 0.25) is 0 Å². The van der Waals surface area contributed by atoms with Gasteiger partial charge in [-0.15, -0.1) is 0 Å². The molecule has 8 heteroatoms. The first-order valence-electron chi connectivity index (χ1n) is 7.38. The highest BCUT2D eigenvalue weighted by Crippen LogP contribution is 2.37. The third-order valence-electron chi connectivity index (χ3n) is 4.49. The summed E-state index contributed by atoms with van der Waals surface area (Å²) >= 11 is 0. The lowest BCUT2D eigenvalue weighted by Crippen LogP contribution is -2.41. The summed E-state index contributed by atoms with van der Waals surface area (Å²) in [5, 5.41) is 25.5. The molecule has 0 aliphatic carbocycles. The van der Waals surface area contributed by atoms with Crippen molar-refractivity contribution in [3.05, 3.63) is 21.5 Å². The summed E-state index contributed by atoms with van der Waals surface area (Å²) in [6.07, 6.45) is -0.700. The molecule has 0 saturated heterocycles. The van der Waals surface area contributed by atoms with Crippen LogP contribution in [0.3, 0.4) is 0 Å². The van der Waals surface area contributed by atoms with Crippen LogP contribution in [0.2, 0.25) is 18.1 Å². The summed E-state index contributed by atoms with van der Waals surface area (Å²) in [5.41, 5.74) is 0.440. The van der Waals surface area contributed by atoms with Gasteiger partial charge in [0.1, 0.15) is 11.8 Å². The minimum absolute atomic E-state index is 0.0888. The zero-order chi connectivity index (χ0) is 17.3. The van der Waals surface area contributed by atoms with Gasteiger partial charge in [0.15, 0.2) is 14.0 Å². The predicted octanol–water partition coefficient (Wildman–Crippen LogP) is 3.08. The van der Waals surface area contributed by atoms with Gasteiger partial charge in [0.05, 0.1) is 4.92 Å². The average Bonchev–Trinajstić information content (AvgIpc) is 2.64. The fourth-order valence-electron chi connectivity index (χ4n) is 1.85. The monoisotopic (exact) mass is 329 g/mol. The van der Waals surface area contributed by atoms with Gasteiger partial charge in [-0.25, -0.2) is 0 Å². The number of aromatic nitrogens is 2.